The van der Waals surface area contributed by atoms with Crippen LogP contribution in [0.25, 0.3) is 0 Å². The van der Waals surface area contributed by atoms with Crippen molar-refractivity contribution in [2.75, 3.05) is 18.0 Å². The summed E-state index contributed by atoms with van der Waals surface area (Å²) >= 11 is 0. The summed E-state index contributed by atoms with van der Waals surface area (Å²) in [5.41, 5.74) is 6.80. The summed E-state index contributed by atoms with van der Waals surface area (Å²) in [4.78, 5) is 29.5. The van der Waals surface area contributed by atoms with E-state index in [9.17, 15) is 9.59 Å². The quantitative estimate of drug-likeness (QED) is 0.817. The number of benzene rings is 1. The normalized spacial score (nSPS) is 17.3. The molecule has 1 aromatic carbocycles. The number of amides is 1. The molecule has 2 heterocycles. The highest BCUT2D eigenvalue weighted by Gasteiger charge is 2.24. The van der Waals surface area contributed by atoms with Gasteiger partial charge in [-0.1, -0.05) is 5.16 Å². The number of carbonyl (C=O) groups is 2. The van der Waals surface area contributed by atoms with E-state index in [2.05, 4.69) is 15.0 Å². The van der Waals surface area contributed by atoms with E-state index < -0.39 is 5.97 Å². The second kappa shape index (κ2) is 7.33. The first-order chi connectivity index (χ1) is 12.0. The lowest BCUT2D eigenvalue weighted by Gasteiger charge is -2.33. The Labute approximate surface area is 144 Å². The van der Waals surface area contributed by atoms with Crippen LogP contribution < -0.4 is 10.6 Å². The van der Waals surface area contributed by atoms with E-state index in [1.807, 2.05) is 12.1 Å². The van der Waals surface area contributed by atoms with Gasteiger partial charge in [-0.2, -0.15) is 4.98 Å². The highest BCUT2D eigenvalue weighted by Crippen LogP contribution is 2.23. The third-order valence-electron chi connectivity index (χ3n) is 4.19. The first-order valence-corrected chi connectivity index (χ1v) is 8.13. The Balaban J connectivity index is 1.59. The fourth-order valence-corrected chi connectivity index (χ4v) is 2.87. The number of ether oxygens (including phenoxy) is 1. The number of anilines is 1. The van der Waals surface area contributed by atoms with Crippen molar-refractivity contribution in [3.8, 4) is 0 Å². The SMILES string of the molecule is Cc1nc(COC(=O)c2ccc(N3CCCC(C(N)=O)C3)cc2)no1. The Morgan fingerprint density at radius 1 is 1.36 bits per heavy atom. The molecule has 3 rings (SSSR count). The minimum absolute atomic E-state index is 0.0374. The molecular weight excluding hydrogens is 324 g/mol. The van der Waals surface area contributed by atoms with Gasteiger partial charge in [0.25, 0.3) is 0 Å². The van der Waals surface area contributed by atoms with E-state index in [0.717, 1.165) is 25.1 Å². The van der Waals surface area contributed by atoms with Crippen LogP contribution in [0.4, 0.5) is 5.69 Å². The zero-order chi connectivity index (χ0) is 17.8. The molecule has 0 spiro atoms. The maximum atomic E-state index is 12.1. The van der Waals surface area contributed by atoms with Crippen molar-refractivity contribution >= 4 is 17.6 Å². The lowest BCUT2D eigenvalue weighted by atomic mass is 9.97. The molecule has 8 heteroatoms. The second-order valence-corrected chi connectivity index (χ2v) is 6.04. The van der Waals surface area contributed by atoms with Crippen LogP contribution in [0.1, 0.15) is 34.9 Å². The zero-order valence-corrected chi connectivity index (χ0v) is 14.0. The molecule has 1 atom stereocenters. The van der Waals surface area contributed by atoms with E-state index in [1.54, 1.807) is 19.1 Å². The fourth-order valence-electron chi connectivity index (χ4n) is 2.87. The number of aromatic nitrogens is 2. The number of hydrogen-bond acceptors (Lipinski definition) is 7. The van der Waals surface area contributed by atoms with Crippen LogP contribution in [-0.2, 0) is 16.1 Å². The van der Waals surface area contributed by atoms with Gasteiger partial charge in [-0.05, 0) is 37.1 Å². The van der Waals surface area contributed by atoms with Crippen molar-refractivity contribution in [3.05, 3.63) is 41.5 Å². The largest absolute Gasteiger partial charge is 0.454 e. The highest BCUT2D eigenvalue weighted by molar-refractivity contribution is 5.89. The molecule has 2 aromatic rings. The summed E-state index contributed by atoms with van der Waals surface area (Å²) in [5, 5.41) is 3.67. The van der Waals surface area contributed by atoms with Crippen LogP contribution >= 0.6 is 0 Å². The second-order valence-electron chi connectivity index (χ2n) is 6.04. The van der Waals surface area contributed by atoms with E-state index in [4.69, 9.17) is 15.0 Å². The van der Waals surface area contributed by atoms with Gasteiger partial charge in [-0.3, -0.25) is 4.79 Å². The average molecular weight is 344 g/mol. The zero-order valence-electron chi connectivity index (χ0n) is 14.0. The molecule has 1 unspecified atom stereocenters. The van der Waals surface area contributed by atoms with E-state index >= 15 is 0 Å². The first kappa shape index (κ1) is 16.9. The van der Waals surface area contributed by atoms with Gasteiger partial charge in [-0.25, -0.2) is 4.79 Å². The predicted molar refractivity (Wildman–Crippen MR) is 88.7 cm³/mol. The molecule has 1 aliphatic rings. The average Bonchev–Trinajstić information content (AvgIpc) is 3.05. The molecule has 0 radical (unpaired) electrons. The third kappa shape index (κ3) is 4.14. The maximum absolute atomic E-state index is 12.1. The van der Waals surface area contributed by atoms with Crippen molar-refractivity contribution in [2.24, 2.45) is 11.7 Å². The number of piperidine rings is 1. The highest BCUT2D eigenvalue weighted by atomic mass is 16.5. The standard InChI is InChI=1S/C17H20N4O4/c1-11-19-15(20-25-11)10-24-17(23)12-4-6-14(7-5-12)21-8-2-3-13(9-21)16(18)22/h4-7,13H,2-3,8-10H2,1H3,(H2,18,22). The molecule has 1 fully saturated rings. The molecule has 8 nitrogen and oxygen atoms in total. The Hall–Kier alpha value is -2.90. The van der Waals surface area contributed by atoms with E-state index in [0.29, 0.717) is 23.8 Å². The number of rotatable bonds is 5. The summed E-state index contributed by atoms with van der Waals surface area (Å²) in [7, 11) is 0. The molecular formula is C17H20N4O4. The van der Waals surface area contributed by atoms with Gasteiger partial charge in [-0.15, -0.1) is 0 Å². The van der Waals surface area contributed by atoms with Gasteiger partial charge in [0.15, 0.2) is 6.61 Å². The van der Waals surface area contributed by atoms with Crippen LogP contribution in [0.15, 0.2) is 28.8 Å². The van der Waals surface area contributed by atoms with Gasteiger partial charge >= 0.3 is 5.97 Å². The predicted octanol–water partition coefficient (Wildman–Crippen LogP) is 1.44. The topological polar surface area (TPSA) is 112 Å². The van der Waals surface area contributed by atoms with Crippen LogP contribution in [0.5, 0.6) is 0 Å². The lowest BCUT2D eigenvalue weighted by Crippen LogP contribution is -2.41. The molecule has 25 heavy (non-hydrogen) atoms. The molecule has 1 aromatic heterocycles. The number of aryl methyl sites for hydroxylation is 1. The van der Waals surface area contributed by atoms with Crippen molar-refractivity contribution in [1.82, 2.24) is 10.1 Å². The Morgan fingerprint density at radius 2 is 2.12 bits per heavy atom. The summed E-state index contributed by atoms with van der Waals surface area (Å²) in [6.45, 7) is 3.10. The van der Waals surface area contributed by atoms with Crippen LogP contribution in [0.3, 0.4) is 0 Å². The molecule has 132 valence electrons. The van der Waals surface area contributed by atoms with Gasteiger partial charge in [0, 0.05) is 25.7 Å². The number of nitrogens with two attached hydrogens (primary N) is 1. The van der Waals surface area contributed by atoms with Crippen LogP contribution in [0, 0.1) is 12.8 Å². The molecule has 1 saturated heterocycles. The molecule has 1 amide bonds. The first-order valence-electron chi connectivity index (χ1n) is 8.13. The summed E-state index contributed by atoms with van der Waals surface area (Å²) in [6, 6.07) is 7.09. The van der Waals surface area contributed by atoms with Gasteiger partial charge in [0.1, 0.15) is 0 Å². The molecule has 1 aliphatic heterocycles. The summed E-state index contributed by atoms with van der Waals surface area (Å²) in [6.07, 6.45) is 1.74. The third-order valence-corrected chi connectivity index (χ3v) is 4.19. The van der Waals surface area contributed by atoms with E-state index in [-0.39, 0.29) is 18.4 Å². The summed E-state index contributed by atoms with van der Waals surface area (Å²) < 4.78 is 9.98. The summed E-state index contributed by atoms with van der Waals surface area (Å²) in [5.74, 6) is -0.0967. The number of nitrogens with zero attached hydrogens (tertiary/aromatic N) is 3. The fraction of sp³-hybridized carbons (Fsp3) is 0.412. The number of esters is 1. The van der Waals surface area contributed by atoms with Crippen LogP contribution in [-0.4, -0.2) is 35.1 Å². The number of primary amides is 1. The van der Waals surface area contributed by atoms with Crippen molar-refractivity contribution in [2.45, 2.75) is 26.4 Å². The maximum Gasteiger partial charge on any atom is 0.338 e. The van der Waals surface area contributed by atoms with Crippen molar-refractivity contribution in [3.63, 3.8) is 0 Å². The molecule has 2 N–H and O–H groups in total. The van der Waals surface area contributed by atoms with Crippen LogP contribution in [0.2, 0.25) is 0 Å². The number of hydrogen-bond donors (Lipinski definition) is 1. The minimum atomic E-state index is -0.456. The molecule has 0 aliphatic carbocycles. The van der Waals surface area contributed by atoms with Gasteiger partial charge in [0.05, 0.1) is 11.5 Å². The van der Waals surface area contributed by atoms with Gasteiger partial charge < -0.3 is 19.9 Å². The Morgan fingerprint density at radius 3 is 2.76 bits per heavy atom. The Kier molecular flexibility index (Phi) is 4.97. The van der Waals surface area contributed by atoms with Gasteiger partial charge in [0.2, 0.25) is 17.6 Å². The van der Waals surface area contributed by atoms with E-state index in [1.165, 1.54) is 0 Å². The minimum Gasteiger partial charge on any atom is -0.454 e. The van der Waals surface area contributed by atoms with Crippen molar-refractivity contribution in [1.29, 1.82) is 0 Å². The Bertz CT molecular complexity index is 756. The monoisotopic (exact) mass is 344 g/mol. The number of carbonyl (C=O) groups excluding carboxylic acids is 2. The molecule has 0 saturated carbocycles. The smallest absolute Gasteiger partial charge is 0.338 e. The molecule has 0 bridgehead atoms. The van der Waals surface area contributed by atoms with Crippen molar-refractivity contribution < 1.29 is 18.8 Å². The lowest BCUT2D eigenvalue weighted by molar-refractivity contribution is -0.122.